The zero-order valence-corrected chi connectivity index (χ0v) is 11.0. The molecule has 0 aliphatic rings. The number of nitrogens with two attached hydrogens (primary N) is 1. The second kappa shape index (κ2) is 5.00. The third kappa shape index (κ3) is 2.94. The highest BCUT2D eigenvalue weighted by atomic mass is 16.5. The SMILES string of the molecule is Cc1cc(N)cc(Oc2cccc(N(C)C)c2)c1. The molecule has 2 N–H and O–H groups in total. The van der Waals surface area contributed by atoms with Crippen LogP contribution >= 0.6 is 0 Å². The number of benzene rings is 2. The van der Waals surface area contributed by atoms with E-state index in [2.05, 4.69) is 0 Å². The van der Waals surface area contributed by atoms with E-state index >= 15 is 0 Å². The molecule has 0 spiro atoms. The average molecular weight is 242 g/mol. The Bertz CT molecular complexity index is 530. The average Bonchev–Trinajstić information content (AvgIpc) is 2.27. The van der Waals surface area contributed by atoms with Gasteiger partial charge < -0.3 is 15.4 Å². The summed E-state index contributed by atoms with van der Waals surface area (Å²) in [7, 11) is 4.01. The molecule has 0 aliphatic heterocycles. The summed E-state index contributed by atoms with van der Waals surface area (Å²) in [5.41, 5.74) is 8.72. The Hall–Kier alpha value is -2.16. The molecule has 3 nitrogen and oxygen atoms in total. The quantitative estimate of drug-likeness (QED) is 0.838. The molecule has 0 bridgehead atoms. The maximum atomic E-state index is 5.82. The molecule has 18 heavy (non-hydrogen) atoms. The lowest BCUT2D eigenvalue weighted by molar-refractivity contribution is 0.482. The van der Waals surface area contributed by atoms with E-state index in [1.165, 1.54) is 0 Å². The lowest BCUT2D eigenvalue weighted by Gasteiger charge is -2.14. The van der Waals surface area contributed by atoms with Gasteiger partial charge in [0.15, 0.2) is 0 Å². The first kappa shape index (κ1) is 12.3. The van der Waals surface area contributed by atoms with Crippen molar-refractivity contribution in [2.75, 3.05) is 24.7 Å². The Morgan fingerprint density at radius 2 is 1.78 bits per heavy atom. The van der Waals surface area contributed by atoms with E-state index in [1.54, 1.807) is 0 Å². The minimum Gasteiger partial charge on any atom is -0.457 e. The van der Waals surface area contributed by atoms with Gasteiger partial charge in [0, 0.05) is 37.6 Å². The van der Waals surface area contributed by atoms with E-state index in [-0.39, 0.29) is 0 Å². The molecular formula is C15H18N2O. The standard InChI is InChI=1S/C15H18N2O/c1-11-7-12(16)9-15(8-11)18-14-6-4-5-13(10-14)17(2)3/h4-10H,16H2,1-3H3. The first-order valence-corrected chi connectivity index (χ1v) is 5.87. The zero-order chi connectivity index (χ0) is 13.1. The van der Waals surface area contributed by atoms with Crippen molar-refractivity contribution in [3.8, 4) is 11.5 Å². The van der Waals surface area contributed by atoms with Crippen molar-refractivity contribution >= 4 is 11.4 Å². The Kier molecular flexibility index (Phi) is 3.42. The first-order chi connectivity index (χ1) is 8.54. The topological polar surface area (TPSA) is 38.5 Å². The summed E-state index contributed by atoms with van der Waals surface area (Å²) in [6.07, 6.45) is 0. The van der Waals surface area contributed by atoms with E-state index < -0.39 is 0 Å². The third-order valence-electron chi connectivity index (χ3n) is 2.64. The lowest BCUT2D eigenvalue weighted by Crippen LogP contribution is -2.08. The van der Waals surface area contributed by atoms with Crippen LogP contribution in [-0.2, 0) is 0 Å². The molecule has 3 heteroatoms. The molecule has 0 aliphatic carbocycles. The van der Waals surface area contributed by atoms with Crippen molar-refractivity contribution in [3.63, 3.8) is 0 Å². The van der Waals surface area contributed by atoms with Crippen molar-refractivity contribution < 1.29 is 4.74 Å². The van der Waals surface area contributed by atoms with Crippen molar-refractivity contribution in [1.82, 2.24) is 0 Å². The van der Waals surface area contributed by atoms with Crippen LogP contribution in [0.15, 0.2) is 42.5 Å². The van der Waals surface area contributed by atoms with Gasteiger partial charge in [-0.15, -0.1) is 0 Å². The number of aryl methyl sites for hydroxylation is 1. The van der Waals surface area contributed by atoms with E-state index in [9.17, 15) is 0 Å². The van der Waals surface area contributed by atoms with Crippen LogP contribution < -0.4 is 15.4 Å². The highest BCUT2D eigenvalue weighted by molar-refractivity contribution is 5.52. The molecule has 0 saturated carbocycles. The Morgan fingerprint density at radius 1 is 1.00 bits per heavy atom. The molecular weight excluding hydrogens is 224 g/mol. The van der Waals surface area contributed by atoms with Gasteiger partial charge in [0.2, 0.25) is 0 Å². The second-order valence-corrected chi connectivity index (χ2v) is 4.57. The monoisotopic (exact) mass is 242 g/mol. The number of rotatable bonds is 3. The smallest absolute Gasteiger partial charge is 0.129 e. The third-order valence-corrected chi connectivity index (χ3v) is 2.64. The molecule has 2 aromatic carbocycles. The van der Waals surface area contributed by atoms with E-state index in [0.717, 1.165) is 22.7 Å². The Morgan fingerprint density at radius 3 is 2.44 bits per heavy atom. The van der Waals surface area contributed by atoms with Crippen LogP contribution in [0.1, 0.15) is 5.56 Å². The summed E-state index contributed by atoms with van der Waals surface area (Å²) in [4.78, 5) is 2.04. The number of nitrogen functional groups attached to an aromatic ring is 1. The normalized spacial score (nSPS) is 10.2. The van der Waals surface area contributed by atoms with Gasteiger partial charge in [0.1, 0.15) is 11.5 Å². The molecule has 0 saturated heterocycles. The molecule has 0 radical (unpaired) electrons. The minimum atomic E-state index is 0.716. The summed E-state index contributed by atoms with van der Waals surface area (Å²) in [6, 6.07) is 13.7. The predicted octanol–water partition coefficient (Wildman–Crippen LogP) is 3.44. The summed E-state index contributed by atoms with van der Waals surface area (Å²) in [5.74, 6) is 1.58. The van der Waals surface area contributed by atoms with E-state index in [4.69, 9.17) is 10.5 Å². The summed E-state index contributed by atoms with van der Waals surface area (Å²) >= 11 is 0. The zero-order valence-electron chi connectivity index (χ0n) is 11.0. The fraction of sp³-hybridized carbons (Fsp3) is 0.200. The Labute approximate surface area is 108 Å². The van der Waals surface area contributed by atoms with Gasteiger partial charge >= 0.3 is 0 Å². The van der Waals surface area contributed by atoms with Crippen LogP contribution in [0.25, 0.3) is 0 Å². The van der Waals surface area contributed by atoms with Crippen LogP contribution in [0.5, 0.6) is 11.5 Å². The Balaban J connectivity index is 2.25. The molecule has 0 heterocycles. The molecule has 0 aromatic heterocycles. The van der Waals surface area contributed by atoms with Gasteiger partial charge in [-0.2, -0.15) is 0 Å². The highest BCUT2D eigenvalue weighted by Crippen LogP contribution is 2.27. The maximum Gasteiger partial charge on any atom is 0.129 e. The van der Waals surface area contributed by atoms with E-state index in [1.807, 2.05) is 68.4 Å². The lowest BCUT2D eigenvalue weighted by atomic mass is 10.2. The molecule has 0 amide bonds. The van der Waals surface area contributed by atoms with Crippen LogP contribution in [0.4, 0.5) is 11.4 Å². The van der Waals surface area contributed by atoms with Crippen LogP contribution in [0.2, 0.25) is 0 Å². The maximum absolute atomic E-state index is 5.82. The minimum absolute atomic E-state index is 0.716. The van der Waals surface area contributed by atoms with Gasteiger partial charge in [0.05, 0.1) is 0 Å². The fourth-order valence-electron chi connectivity index (χ4n) is 1.80. The number of hydrogen-bond donors (Lipinski definition) is 1. The number of nitrogens with zero attached hydrogens (tertiary/aromatic N) is 1. The molecule has 2 rings (SSSR count). The van der Waals surface area contributed by atoms with Gasteiger partial charge in [-0.1, -0.05) is 6.07 Å². The summed E-state index contributed by atoms with van der Waals surface area (Å²) < 4.78 is 5.82. The predicted molar refractivity (Wildman–Crippen MR) is 76.4 cm³/mol. The summed E-state index contributed by atoms with van der Waals surface area (Å²) in [5, 5.41) is 0. The van der Waals surface area contributed by atoms with Crippen LogP contribution in [-0.4, -0.2) is 14.1 Å². The molecule has 94 valence electrons. The van der Waals surface area contributed by atoms with Gasteiger partial charge in [-0.05, 0) is 36.8 Å². The van der Waals surface area contributed by atoms with Crippen LogP contribution in [0.3, 0.4) is 0 Å². The van der Waals surface area contributed by atoms with Crippen molar-refractivity contribution in [1.29, 1.82) is 0 Å². The molecule has 2 aromatic rings. The number of anilines is 2. The van der Waals surface area contributed by atoms with Gasteiger partial charge in [-0.25, -0.2) is 0 Å². The van der Waals surface area contributed by atoms with Gasteiger partial charge in [0.25, 0.3) is 0 Å². The van der Waals surface area contributed by atoms with E-state index in [0.29, 0.717) is 5.69 Å². The fourth-order valence-corrected chi connectivity index (χ4v) is 1.80. The van der Waals surface area contributed by atoms with Crippen molar-refractivity contribution in [3.05, 3.63) is 48.0 Å². The molecule has 0 atom stereocenters. The number of hydrogen-bond acceptors (Lipinski definition) is 3. The van der Waals surface area contributed by atoms with Crippen LogP contribution in [0, 0.1) is 6.92 Å². The summed E-state index contributed by atoms with van der Waals surface area (Å²) in [6.45, 7) is 2.00. The molecule has 0 unspecified atom stereocenters. The molecule has 0 fully saturated rings. The largest absolute Gasteiger partial charge is 0.457 e. The number of ether oxygens (including phenoxy) is 1. The van der Waals surface area contributed by atoms with Crippen molar-refractivity contribution in [2.45, 2.75) is 6.92 Å². The van der Waals surface area contributed by atoms with Gasteiger partial charge in [-0.3, -0.25) is 0 Å². The second-order valence-electron chi connectivity index (χ2n) is 4.57. The first-order valence-electron chi connectivity index (χ1n) is 5.87. The van der Waals surface area contributed by atoms with Crippen molar-refractivity contribution in [2.24, 2.45) is 0 Å². The highest BCUT2D eigenvalue weighted by Gasteiger charge is 2.02.